The lowest BCUT2D eigenvalue weighted by Gasteiger charge is -2.14. The Labute approximate surface area is 129 Å². The number of rotatable bonds is 5. The SMILES string of the molecule is CCOP(=O)(/C=C/c1ccc2c(c1)OCO2)c1ccccc1. The largest absolute Gasteiger partial charge is 0.454 e. The molecule has 0 saturated heterocycles. The molecular formula is C17H17O4P. The molecule has 1 heterocycles. The van der Waals surface area contributed by atoms with Crippen LogP contribution in [0.3, 0.4) is 0 Å². The number of fused-ring (bicyclic) bond motifs is 1. The van der Waals surface area contributed by atoms with Crippen molar-refractivity contribution in [2.75, 3.05) is 13.4 Å². The Balaban J connectivity index is 1.89. The molecule has 0 bridgehead atoms. The molecule has 2 aromatic rings. The number of hydrogen-bond donors (Lipinski definition) is 0. The van der Waals surface area contributed by atoms with E-state index in [-0.39, 0.29) is 6.79 Å². The van der Waals surface area contributed by atoms with Crippen molar-refractivity contribution >= 4 is 18.7 Å². The lowest BCUT2D eigenvalue weighted by molar-refractivity contribution is 0.174. The van der Waals surface area contributed by atoms with Gasteiger partial charge in [0.2, 0.25) is 6.79 Å². The molecule has 4 nitrogen and oxygen atoms in total. The van der Waals surface area contributed by atoms with Crippen LogP contribution < -0.4 is 14.8 Å². The van der Waals surface area contributed by atoms with Crippen molar-refractivity contribution in [3.63, 3.8) is 0 Å². The van der Waals surface area contributed by atoms with Gasteiger partial charge in [0, 0.05) is 11.1 Å². The van der Waals surface area contributed by atoms with Crippen molar-refractivity contribution in [2.45, 2.75) is 6.92 Å². The van der Waals surface area contributed by atoms with Gasteiger partial charge in [-0.2, -0.15) is 0 Å². The van der Waals surface area contributed by atoms with Crippen LogP contribution in [0.2, 0.25) is 0 Å². The van der Waals surface area contributed by atoms with Gasteiger partial charge in [-0.3, -0.25) is 4.57 Å². The van der Waals surface area contributed by atoms with Crippen LogP contribution in [0.25, 0.3) is 6.08 Å². The highest BCUT2D eigenvalue weighted by Crippen LogP contribution is 2.48. The van der Waals surface area contributed by atoms with E-state index in [9.17, 15) is 4.57 Å². The first kappa shape index (κ1) is 14.9. The highest BCUT2D eigenvalue weighted by molar-refractivity contribution is 7.70. The van der Waals surface area contributed by atoms with Gasteiger partial charge in [0.05, 0.1) is 6.61 Å². The van der Waals surface area contributed by atoms with E-state index in [2.05, 4.69) is 0 Å². The Hall–Kier alpha value is -2.03. The van der Waals surface area contributed by atoms with E-state index in [1.165, 1.54) is 0 Å². The highest BCUT2D eigenvalue weighted by atomic mass is 31.2. The zero-order valence-corrected chi connectivity index (χ0v) is 13.2. The van der Waals surface area contributed by atoms with Gasteiger partial charge in [-0.15, -0.1) is 0 Å². The number of hydrogen-bond acceptors (Lipinski definition) is 4. The predicted molar refractivity (Wildman–Crippen MR) is 86.9 cm³/mol. The summed E-state index contributed by atoms with van der Waals surface area (Å²) in [5.74, 6) is 3.07. The normalized spacial score (nSPS) is 15.9. The summed E-state index contributed by atoms with van der Waals surface area (Å²) in [6.45, 7) is 2.46. The summed E-state index contributed by atoms with van der Waals surface area (Å²) in [4.78, 5) is 0. The molecular weight excluding hydrogens is 299 g/mol. The second-order valence-corrected chi connectivity index (χ2v) is 7.05. The van der Waals surface area contributed by atoms with E-state index < -0.39 is 7.37 Å². The molecule has 1 aliphatic rings. The third-order valence-electron chi connectivity index (χ3n) is 3.30. The second-order valence-electron chi connectivity index (χ2n) is 4.78. The molecule has 0 saturated carbocycles. The van der Waals surface area contributed by atoms with E-state index >= 15 is 0 Å². The smallest absolute Gasteiger partial charge is 0.254 e. The van der Waals surface area contributed by atoms with Crippen molar-refractivity contribution in [1.29, 1.82) is 0 Å². The molecule has 0 amide bonds. The van der Waals surface area contributed by atoms with Crippen LogP contribution in [0.4, 0.5) is 0 Å². The van der Waals surface area contributed by atoms with E-state index in [1.807, 2.05) is 55.5 Å². The first-order chi connectivity index (χ1) is 10.7. The highest BCUT2D eigenvalue weighted by Gasteiger charge is 2.21. The summed E-state index contributed by atoms with van der Waals surface area (Å²) in [5.41, 5.74) is 0.889. The summed E-state index contributed by atoms with van der Waals surface area (Å²) in [6.07, 6.45) is 1.80. The molecule has 0 fully saturated rings. The van der Waals surface area contributed by atoms with E-state index in [4.69, 9.17) is 14.0 Å². The lowest BCUT2D eigenvalue weighted by Crippen LogP contribution is -2.04. The minimum atomic E-state index is -3.01. The molecule has 22 heavy (non-hydrogen) atoms. The summed E-state index contributed by atoms with van der Waals surface area (Å²) in [5, 5.41) is 0.689. The summed E-state index contributed by atoms with van der Waals surface area (Å²) >= 11 is 0. The maximum atomic E-state index is 13.1. The van der Waals surface area contributed by atoms with Crippen molar-refractivity contribution in [3.05, 3.63) is 59.9 Å². The van der Waals surface area contributed by atoms with Crippen molar-refractivity contribution in [1.82, 2.24) is 0 Å². The van der Waals surface area contributed by atoms with Gasteiger partial charge in [-0.1, -0.05) is 24.3 Å². The summed E-state index contributed by atoms with van der Waals surface area (Å²) in [6, 6.07) is 14.8. The molecule has 114 valence electrons. The Morgan fingerprint density at radius 1 is 1.14 bits per heavy atom. The van der Waals surface area contributed by atoms with Crippen LogP contribution >= 0.6 is 7.37 Å². The fourth-order valence-corrected chi connectivity index (χ4v) is 3.98. The van der Waals surface area contributed by atoms with Crippen LogP contribution in [0.5, 0.6) is 11.5 Å². The molecule has 0 aromatic heterocycles. The fraction of sp³-hybridized carbons (Fsp3) is 0.176. The quantitative estimate of drug-likeness (QED) is 0.781. The number of benzene rings is 2. The minimum absolute atomic E-state index is 0.240. The molecule has 3 rings (SSSR count). The zero-order valence-electron chi connectivity index (χ0n) is 12.3. The molecule has 5 heteroatoms. The molecule has 1 atom stereocenters. The topological polar surface area (TPSA) is 44.8 Å². The maximum Gasteiger partial charge on any atom is 0.254 e. The third-order valence-corrected chi connectivity index (χ3v) is 5.50. The Morgan fingerprint density at radius 2 is 1.91 bits per heavy atom. The van der Waals surface area contributed by atoms with E-state index in [0.717, 1.165) is 11.3 Å². The Bertz CT molecular complexity index is 725. The van der Waals surface area contributed by atoms with Crippen LogP contribution in [0, 0.1) is 0 Å². The molecule has 1 aliphatic heterocycles. The van der Waals surface area contributed by atoms with E-state index in [1.54, 1.807) is 11.9 Å². The molecule has 0 radical (unpaired) electrons. The van der Waals surface area contributed by atoms with Gasteiger partial charge in [0.15, 0.2) is 11.5 Å². The van der Waals surface area contributed by atoms with Crippen LogP contribution in [0.15, 0.2) is 54.3 Å². The molecule has 1 unspecified atom stereocenters. The van der Waals surface area contributed by atoms with Gasteiger partial charge >= 0.3 is 0 Å². The minimum Gasteiger partial charge on any atom is -0.454 e. The Kier molecular flexibility index (Phi) is 4.32. The molecule has 0 spiro atoms. The van der Waals surface area contributed by atoms with Gasteiger partial charge in [0.1, 0.15) is 0 Å². The molecule has 2 aromatic carbocycles. The lowest BCUT2D eigenvalue weighted by atomic mass is 10.2. The average molecular weight is 316 g/mol. The number of ether oxygens (including phenoxy) is 2. The monoisotopic (exact) mass is 316 g/mol. The summed E-state index contributed by atoms with van der Waals surface area (Å²) < 4.78 is 29.2. The van der Waals surface area contributed by atoms with Gasteiger partial charge in [0.25, 0.3) is 7.37 Å². The fourth-order valence-electron chi connectivity index (χ4n) is 2.23. The predicted octanol–water partition coefficient (Wildman–Crippen LogP) is 4.03. The average Bonchev–Trinajstić information content (AvgIpc) is 3.02. The van der Waals surface area contributed by atoms with Gasteiger partial charge in [-0.05, 0) is 42.8 Å². The summed E-state index contributed by atoms with van der Waals surface area (Å²) in [7, 11) is -3.01. The first-order valence-electron chi connectivity index (χ1n) is 7.10. The van der Waals surface area contributed by atoms with Gasteiger partial charge < -0.3 is 14.0 Å². The van der Waals surface area contributed by atoms with Crippen molar-refractivity contribution in [2.24, 2.45) is 0 Å². The van der Waals surface area contributed by atoms with Crippen molar-refractivity contribution in [3.8, 4) is 11.5 Å². The molecule has 0 N–H and O–H groups in total. The second kappa shape index (κ2) is 6.39. The maximum absolute atomic E-state index is 13.1. The zero-order chi connectivity index (χ0) is 15.4. The van der Waals surface area contributed by atoms with Crippen LogP contribution in [-0.2, 0) is 9.09 Å². The Morgan fingerprint density at radius 3 is 2.68 bits per heavy atom. The van der Waals surface area contributed by atoms with Gasteiger partial charge in [-0.25, -0.2) is 0 Å². The standard InChI is InChI=1S/C17H17O4P/c1-2-21-22(18,15-6-4-3-5-7-15)11-10-14-8-9-16-17(12-14)20-13-19-16/h3-12H,2,13H2,1H3/b11-10+. The molecule has 0 aliphatic carbocycles. The van der Waals surface area contributed by atoms with E-state index in [0.29, 0.717) is 17.7 Å². The van der Waals surface area contributed by atoms with Crippen molar-refractivity contribution < 1.29 is 18.6 Å². The third kappa shape index (κ3) is 3.08. The van der Waals surface area contributed by atoms with Crippen LogP contribution in [-0.4, -0.2) is 13.4 Å². The van der Waals surface area contributed by atoms with Crippen LogP contribution in [0.1, 0.15) is 12.5 Å². The first-order valence-corrected chi connectivity index (χ1v) is 8.79.